The molecule has 1 aromatic heterocycles. The van der Waals surface area contributed by atoms with Crippen LogP contribution in [0.3, 0.4) is 0 Å². The lowest BCUT2D eigenvalue weighted by Gasteiger charge is -2.33. The highest BCUT2D eigenvalue weighted by molar-refractivity contribution is 7.09. The standard InChI is InChI=1S/C12H18N2O3S/c1-8(15)14-9(6-17-12(14,2)3)4-10(16)11-5-13-7-18-11/h5,7,9-10,16H,4,6H2,1-3H3/t9?,10-/m0/s1. The molecule has 1 amide bonds. The van der Waals surface area contributed by atoms with Gasteiger partial charge in [0.2, 0.25) is 5.91 Å². The third-order valence-corrected chi connectivity index (χ3v) is 4.07. The molecular weight excluding hydrogens is 252 g/mol. The van der Waals surface area contributed by atoms with Gasteiger partial charge in [0.05, 0.1) is 29.1 Å². The van der Waals surface area contributed by atoms with Crippen LogP contribution < -0.4 is 0 Å². The molecular formula is C12H18N2O3S. The first kappa shape index (κ1) is 13.5. The summed E-state index contributed by atoms with van der Waals surface area (Å²) in [6.45, 7) is 5.73. The summed E-state index contributed by atoms with van der Waals surface area (Å²) in [6, 6.07) is -0.0883. The first-order chi connectivity index (χ1) is 8.42. The van der Waals surface area contributed by atoms with Crippen molar-refractivity contribution < 1.29 is 14.6 Å². The van der Waals surface area contributed by atoms with Crippen LogP contribution >= 0.6 is 11.3 Å². The zero-order valence-corrected chi connectivity index (χ0v) is 11.6. The second-order valence-electron chi connectivity index (χ2n) is 4.96. The summed E-state index contributed by atoms with van der Waals surface area (Å²) in [5, 5.41) is 10.1. The van der Waals surface area contributed by atoms with Gasteiger partial charge in [0.25, 0.3) is 0 Å². The number of aliphatic hydroxyl groups is 1. The molecule has 1 aromatic rings. The maximum absolute atomic E-state index is 11.7. The van der Waals surface area contributed by atoms with Gasteiger partial charge in [0, 0.05) is 19.5 Å². The topological polar surface area (TPSA) is 62.7 Å². The molecule has 2 rings (SSSR count). The number of carbonyl (C=O) groups excluding carboxylic acids is 1. The molecule has 2 heterocycles. The molecule has 0 spiro atoms. The number of thiazole rings is 1. The number of hydrogen-bond donors (Lipinski definition) is 1. The van der Waals surface area contributed by atoms with Crippen molar-refractivity contribution in [1.29, 1.82) is 0 Å². The van der Waals surface area contributed by atoms with E-state index < -0.39 is 11.8 Å². The summed E-state index contributed by atoms with van der Waals surface area (Å²) in [7, 11) is 0. The summed E-state index contributed by atoms with van der Waals surface area (Å²) in [5.74, 6) is -0.0287. The summed E-state index contributed by atoms with van der Waals surface area (Å²) in [5.41, 5.74) is 1.10. The van der Waals surface area contributed by atoms with Gasteiger partial charge < -0.3 is 14.7 Å². The monoisotopic (exact) mass is 270 g/mol. The lowest BCUT2D eigenvalue weighted by molar-refractivity contribution is -0.144. The second-order valence-corrected chi connectivity index (χ2v) is 5.87. The minimum Gasteiger partial charge on any atom is -0.387 e. The number of rotatable bonds is 3. The minimum absolute atomic E-state index is 0.0287. The van der Waals surface area contributed by atoms with Crippen molar-refractivity contribution in [3.63, 3.8) is 0 Å². The van der Waals surface area contributed by atoms with Crippen LogP contribution in [0.15, 0.2) is 11.7 Å². The van der Waals surface area contributed by atoms with Gasteiger partial charge in [-0.25, -0.2) is 0 Å². The fourth-order valence-corrected chi connectivity index (χ4v) is 3.08. The molecule has 1 N–H and O–H groups in total. The van der Waals surface area contributed by atoms with Crippen LogP contribution in [-0.2, 0) is 9.53 Å². The average molecular weight is 270 g/mol. The number of amides is 1. The highest BCUT2D eigenvalue weighted by Crippen LogP contribution is 2.33. The Hall–Kier alpha value is -0.980. The molecule has 18 heavy (non-hydrogen) atoms. The first-order valence-corrected chi connectivity index (χ1v) is 6.80. The third-order valence-electron chi connectivity index (χ3n) is 3.19. The molecule has 100 valence electrons. The molecule has 5 nitrogen and oxygen atoms in total. The molecule has 1 unspecified atom stereocenters. The molecule has 1 saturated heterocycles. The quantitative estimate of drug-likeness (QED) is 0.905. The van der Waals surface area contributed by atoms with Crippen LogP contribution in [-0.4, -0.2) is 39.3 Å². The lowest BCUT2D eigenvalue weighted by Crippen LogP contribution is -2.47. The number of aromatic nitrogens is 1. The average Bonchev–Trinajstić information content (AvgIpc) is 2.85. The number of nitrogens with zero attached hydrogens (tertiary/aromatic N) is 2. The molecule has 1 aliphatic rings. The Kier molecular flexibility index (Phi) is 3.70. The zero-order valence-electron chi connectivity index (χ0n) is 10.8. The van der Waals surface area contributed by atoms with Crippen molar-refractivity contribution in [1.82, 2.24) is 9.88 Å². The summed E-state index contributed by atoms with van der Waals surface area (Å²) in [4.78, 5) is 18.2. The van der Waals surface area contributed by atoms with E-state index in [1.54, 1.807) is 16.6 Å². The van der Waals surface area contributed by atoms with E-state index in [9.17, 15) is 9.90 Å². The van der Waals surface area contributed by atoms with Crippen molar-refractivity contribution in [2.45, 2.75) is 45.1 Å². The van der Waals surface area contributed by atoms with Gasteiger partial charge in [0.1, 0.15) is 5.72 Å². The smallest absolute Gasteiger partial charge is 0.222 e. The molecule has 1 aliphatic heterocycles. The van der Waals surface area contributed by atoms with Crippen LogP contribution in [0.5, 0.6) is 0 Å². The Morgan fingerprint density at radius 3 is 3.06 bits per heavy atom. The molecule has 0 aromatic carbocycles. The summed E-state index contributed by atoms with van der Waals surface area (Å²) in [6.07, 6.45) is 1.54. The molecule has 0 saturated carbocycles. The van der Waals surface area contributed by atoms with Crippen LogP contribution in [0.1, 0.15) is 38.2 Å². The SMILES string of the molecule is CC(=O)N1C(C[C@H](O)c2cncs2)COC1(C)C. The van der Waals surface area contributed by atoms with Crippen LogP contribution in [0.2, 0.25) is 0 Å². The van der Waals surface area contributed by atoms with Crippen molar-refractivity contribution in [3.05, 3.63) is 16.6 Å². The van der Waals surface area contributed by atoms with Gasteiger partial charge in [-0.1, -0.05) is 0 Å². The molecule has 0 aliphatic carbocycles. The van der Waals surface area contributed by atoms with Gasteiger partial charge in [-0.2, -0.15) is 0 Å². The van der Waals surface area contributed by atoms with Gasteiger partial charge in [-0.3, -0.25) is 9.78 Å². The fraction of sp³-hybridized carbons (Fsp3) is 0.667. The van der Waals surface area contributed by atoms with Crippen LogP contribution in [0.25, 0.3) is 0 Å². The van der Waals surface area contributed by atoms with Gasteiger partial charge >= 0.3 is 0 Å². The van der Waals surface area contributed by atoms with Crippen LogP contribution in [0.4, 0.5) is 0 Å². The Labute approximate surface area is 110 Å². The molecule has 0 radical (unpaired) electrons. The van der Waals surface area contributed by atoms with Gasteiger partial charge in [0.15, 0.2) is 0 Å². The maximum atomic E-state index is 11.7. The Bertz CT molecular complexity index is 419. The minimum atomic E-state index is -0.596. The molecule has 1 fully saturated rings. The number of carbonyl (C=O) groups is 1. The lowest BCUT2D eigenvalue weighted by atomic mass is 10.1. The van der Waals surface area contributed by atoms with E-state index in [1.807, 2.05) is 13.8 Å². The normalized spacial score (nSPS) is 24.2. The Morgan fingerprint density at radius 1 is 1.78 bits per heavy atom. The number of hydrogen-bond acceptors (Lipinski definition) is 5. The van der Waals surface area contributed by atoms with E-state index >= 15 is 0 Å². The van der Waals surface area contributed by atoms with E-state index in [1.165, 1.54) is 18.3 Å². The van der Waals surface area contributed by atoms with Gasteiger partial charge in [-0.15, -0.1) is 11.3 Å². The van der Waals surface area contributed by atoms with Gasteiger partial charge in [-0.05, 0) is 13.8 Å². The van der Waals surface area contributed by atoms with E-state index in [2.05, 4.69) is 4.98 Å². The molecule has 6 heteroatoms. The largest absolute Gasteiger partial charge is 0.387 e. The third kappa shape index (κ3) is 2.55. The Morgan fingerprint density at radius 2 is 2.50 bits per heavy atom. The predicted molar refractivity (Wildman–Crippen MR) is 68.0 cm³/mol. The molecule has 2 atom stereocenters. The van der Waals surface area contributed by atoms with Crippen molar-refractivity contribution >= 4 is 17.2 Å². The second kappa shape index (κ2) is 4.95. The number of aliphatic hydroxyl groups excluding tert-OH is 1. The highest BCUT2D eigenvalue weighted by Gasteiger charge is 2.42. The summed E-state index contributed by atoms with van der Waals surface area (Å²) < 4.78 is 5.63. The Balaban J connectivity index is 2.07. The maximum Gasteiger partial charge on any atom is 0.222 e. The summed E-state index contributed by atoms with van der Waals surface area (Å²) >= 11 is 1.42. The van der Waals surface area contributed by atoms with Crippen LogP contribution in [0, 0.1) is 0 Å². The van der Waals surface area contributed by atoms with E-state index in [4.69, 9.17) is 4.74 Å². The molecule has 0 bridgehead atoms. The van der Waals surface area contributed by atoms with Crippen molar-refractivity contribution in [2.75, 3.05) is 6.61 Å². The zero-order chi connectivity index (χ0) is 13.3. The van der Waals surface area contributed by atoms with E-state index in [0.717, 1.165) is 4.88 Å². The predicted octanol–water partition coefficient (Wildman–Crippen LogP) is 1.55. The van der Waals surface area contributed by atoms with Crippen molar-refractivity contribution in [2.24, 2.45) is 0 Å². The van der Waals surface area contributed by atoms with E-state index in [-0.39, 0.29) is 11.9 Å². The number of ether oxygens (including phenoxy) is 1. The highest BCUT2D eigenvalue weighted by atomic mass is 32.1. The van der Waals surface area contributed by atoms with E-state index in [0.29, 0.717) is 13.0 Å². The van der Waals surface area contributed by atoms with Crippen molar-refractivity contribution in [3.8, 4) is 0 Å². The first-order valence-electron chi connectivity index (χ1n) is 5.92. The fourth-order valence-electron chi connectivity index (χ4n) is 2.46.